The number of anilines is 1. The summed E-state index contributed by atoms with van der Waals surface area (Å²) in [6.07, 6.45) is 4.82. The maximum atomic E-state index is 17.8. The van der Waals surface area contributed by atoms with E-state index in [2.05, 4.69) is 28.7 Å². The topological polar surface area (TPSA) is 89.8 Å². The van der Waals surface area contributed by atoms with Gasteiger partial charge in [0, 0.05) is 55.1 Å². The van der Waals surface area contributed by atoms with Crippen LogP contribution in [0, 0.1) is 12.3 Å². The molecule has 4 aromatic rings. The molecule has 0 bridgehead atoms. The molecule has 312 valence electrons. The van der Waals surface area contributed by atoms with Crippen molar-refractivity contribution in [3.8, 4) is 11.5 Å². The van der Waals surface area contributed by atoms with Crippen molar-refractivity contribution in [2.45, 2.75) is 135 Å². The average molecular weight is 801 g/mol. The predicted octanol–water partition coefficient (Wildman–Crippen LogP) is 10.7. The fraction of sp³-hybridized carbons (Fsp3) is 0.553. The highest BCUT2D eigenvalue weighted by Crippen LogP contribution is 2.53. The molecule has 1 N–H and O–H groups in total. The van der Waals surface area contributed by atoms with E-state index in [-0.39, 0.29) is 49.0 Å². The number of aliphatic hydroxyl groups is 1. The number of hydrogen-bond donors (Lipinski definition) is 1. The molecule has 8 nitrogen and oxygen atoms in total. The second kappa shape index (κ2) is 17.2. The van der Waals surface area contributed by atoms with Gasteiger partial charge in [-0.3, -0.25) is 4.98 Å². The van der Waals surface area contributed by atoms with E-state index in [1.54, 1.807) is 33.4 Å². The van der Waals surface area contributed by atoms with Crippen LogP contribution in [0.1, 0.15) is 148 Å². The van der Waals surface area contributed by atoms with Crippen molar-refractivity contribution in [2.75, 3.05) is 31.7 Å². The van der Waals surface area contributed by atoms with Gasteiger partial charge in [-0.2, -0.15) is 0 Å². The molecule has 3 aliphatic rings. The van der Waals surface area contributed by atoms with E-state index in [0.717, 1.165) is 39.4 Å². The number of methoxy groups -OCH3 is 1. The van der Waals surface area contributed by atoms with Gasteiger partial charge in [0.2, 0.25) is 11.9 Å². The lowest BCUT2D eigenvalue weighted by Crippen LogP contribution is -2.36. The molecule has 1 saturated carbocycles. The van der Waals surface area contributed by atoms with Crippen molar-refractivity contribution in [2.24, 2.45) is 5.41 Å². The molecule has 0 spiro atoms. The second-order valence-electron chi connectivity index (χ2n) is 18.2. The monoisotopic (exact) mass is 800 g/mol. The van der Waals surface area contributed by atoms with E-state index < -0.39 is 17.7 Å². The lowest BCUT2D eigenvalue weighted by atomic mass is 9.68. The van der Waals surface area contributed by atoms with Crippen molar-refractivity contribution in [3.63, 3.8) is 0 Å². The molecule has 2 atom stereocenters. The normalized spacial score (nSPS) is 20.4. The number of alkyl halides is 3. The zero-order valence-corrected chi connectivity index (χ0v) is 34.9. The van der Waals surface area contributed by atoms with Gasteiger partial charge in [0.1, 0.15) is 5.75 Å². The van der Waals surface area contributed by atoms with Gasteiger partial charge in [-0.1, -0.05) is 55.8 Å². The van der Waals surface area contributed by atoms with Crippen molar-refractivity contribution in [1.29, 1.82) is 0 Å². The number of aryl methyl sites for hydroxylation is 1. The van der Waals surface area contributed by atoms with Gasteiger partial charge in [-0.25, -0.2) is 23.1 Å². The first-order valence-corrected chi connectivity index (χ1v) is 20.9. The fourth-order valence-corrected chi connectivity index (χ4v) is 8.96. The number of fused-ring (bicyclic) bond motifs is 1. The summed E-state index contributed by atoms with van der Waals surface area (Å²) in [4.78, 5) is 16.8. The Bertz CT molecular complexity index is 1980. The molecule has 1 aliphatic heterocycles. The van der Waals surface area contributed by atoms with Crippen molar-refractivity contribution < 1.29 is 32.5 Å². The van der Waals surface area contributed by atoms with Gasteiger partial charge in [0.25, 0.3) is 0 Å². The molecule has 2 aliphatic carbocycles. The molecule has 2 aromatic heterocycles. The third-order valence-corrected chi connectivity index (χ3v) is 12.2. The molecule has 58 heavy (non-hydrogen) atoms. The maximum Gasteiger partial charge on any atom is 0.248 e. The highest BCUT2D eigenvalue weighted by atomic mass is 19.3. The van der Waals surface area contributed by atoms with E-state index in [0.29, 0.717) is 81.2 Å². The number of ether oxygens (including phenoxy) is 3. The Morgan fingerprint density at radius 1 is 0.897 bits per heavy atom. The molecule has 1 saturated heterocycles. The number of piperidine rings is 1. The average Bonchev–Trinajstić information content (AvgIpc) is 3.19. The van der Waals surface area contributed by atoms with E-state index in [1.807, 2.05) is 55.5 Å². The predicted molar refractivity (Wildman–Crippen MR) is 220 cm³/mol. The number of nitrogens with zero attached hydrogens (tertiary/aromatic N) is 4. The number of benzene rings is 2. The summed E-state index contributed by atoms with van der Waals surface area (Å²) in [6.45, 7) is 11.9. The van der Waals surface area contributed by atoms with Crippen LogP contribution < -0.4 is 14.4 Å². The first kappa shape index (κ1) is 41.9. The molecule has 2 aromatic carbocycles. The Labute approximate surface area is 341 Å². The van der Waals surface area contributed by atoms with Crippen LogP contribution in [-0.4, -0.2) is 58.4 Å². The fourth-order valence-electron chi connectivity index (χ4n) is 8.96. The molecular weight excluding hydrogens is 742 g/mol. The molecular formula is C47H59F3N4O4. The SMILES string of the molecule is COc1ccc(CO[C@H]2CC(C)(C)Cc3nc(C4CCN(c5ncc(OCCC(C)(C)O)cn5)CC4)c([C@@H](F)c4ccc(C)cc4)c(C4CCC(F)(F)CC4)c32)cc1. The Hall–Kier alpha value is -4.22. The first-order valence-electron chi connectivity index (χ1n) is 20.9. The molecule has 0 radical (unpaired) electrons. The third-order valence-electron chi connectivity index (χ3n) is 12.2. The van der Waals surface area contributed by atoms with E-state index in [9.17, 15) is 13.9 Å². The lowest BCUT2D eigenvalue weighted by molar-refractivity contribution is -0.0390. The smallest absolute Gasteiger partial charge is 0.248 e. The van der Waals surface area contributed by atoms with Gasteiger partial charge in [-0.15, -0.1) is 0 Å². The number of rotatable bonds is 13. The van der Waals surface area contributed by atoms with Crippen LogP contribution in [0.5, 0.6) is 11.5 Å². The summed E-state index contributed by atoms with van der Waals surface area (Å²) in [6, 6.07) is 15.3. The number of pyridine rings is 1. The van der Waals surface area contributed by atoms with E-state index in [4.69, 9.17) is 19.2 Å². The maximum absolute atomic E-state index is 17.8. The standard InChI is InChI=1S/C47H59F3N4O4/c1-30-7-11-33(12-8-30)42(48)41-39(32-15-19-47(49,50)20-16-32)40-37(25-45(2,3)26-38(40)58-29-31-9-13-35(56-6)14-10-31)53-43(41)34-17-22-54(23-18-34)44-51-27-36(28-52-44)57-24-21-46(4,5)55/h7-14,27-28,32,34,38,42,55H,15-26,29H2,1-6H3/t38-,42-/m0/s1. The highest BCUT2D eigenvalue weighted by Gasteiger charge is 2.44. The van der Waals surface area contributed by atoms with Gasteiger partial charge < -0.3 is 24.2 Å². The third kappa shape index (κ3) is 9.96. The molecule has 2 fully saturated rings. The van der Waals surface area contributed by atoms with Crippen LogP contribution in [0.4, 0.5) is 19.1 Å². The Balaban J connectivity index is 1.26. The first-order chi connectivity index (χ1) is 27.6. The second-order valence-corrected chi connectivity index (χ2v) is 18.2. The Morgan fingerprint density at radius 3 is 2.17 bits per heavy atom. The van der Waals surface area contributed by atoms with E-state index >= 15 is 4.39 Å². The molecule has 0 amide bonds. The summed E-state index contributed by atoms with van der Waals surface area (Å²) in [5.74, 6) is -1.15. The molecule has 3 heterocycles. The van der Waals surface area contributed by atoms with Crippen LogP contribution in [-0.2, 0) is 17.8 Å². The van der Waals surface area contributed by atoms with Crippen molar-refractivity contribution >= 4 is 5.95 Å². The van der Waals surface area contributed by atoms with Crippen LogP contribution in [0.25, 0.3) is 0 Å². The summed E-state index contributed by atoms with van der Waals surface area (Å²) in [5.41, 5.74) is 5.56. The minimum atomic E-state index is -2.74. The van der Waals surface area contributed by atoms with Crippen molar-refractivity contribution in [1.82, 2.24) is 15.0 Å². The van der Waals surface area contributed by atoms with Crippen LogP contribution in [0.15, 0.2) is 60.9 Å². The van der Waals surface area contributed by atoms with E-state index in [1.165, 1.54) is 0 Å². The van der Waals surface area contributed by atoms with Gasteiger partial charge in [-0.05, 0) is 99.5 Å². The summed E-state index contributed by atoms with van der Waals surface area (Å²) in [7, 11) is 1.64. The largest absolute Gasteiger partial charge is 0.497 e. The zero-order valence-electron chi connectivity index (χ0n) is 34.9. The van der Waals surface area contributed by atoms with Gasteiger partial charge in [0.05, 0.1) is 50.1 Å². The summed E-state index contributed by atoms with van der Waals surface area (Å²) >= 11 is 0. The summed E-state index contributed by atoms with van der Waals surface area (Å²) in [5, 5.41) is 10.0. The zero-order chi connectivity index (χ0) is 41.2. The van der Waals surface area contributed by atoms with Gasteiger partial charge >= 0.3 is 0 Å². The van der Waals surface area contributed by atoms with Crippen LogP contribution in [0.3, 0.4) is 0 Å². The van der Waals surface area contributed by atoms with Crippen molar-refractivity contribution in [3.05, 3.63) is 106 Å². The summed E-state index contributed by atoms with van der Waals surface area (Å²) < 4.78 is 65.5. The highest BCUT2D eigenvalue weighted by molar-refractivity contribution is 5.51. The molecule has 11 heteroatoms. The number of hydrogen-bond acceptors (Lipinski definition) is 8. The Kier molecular flexibility index (Phi) is 12.4. The number of aromatic nitrogens is 3. The van der Waals surface area contributed by atoms with Gasteiger partial charge in [0.15, 0.2) is 11.9 Å². The number of halogens is 3. The quantitative estimate of drug-likeness (QED) is 0.143. The lowest BCUT2D eigenvalue weighted by Gasteiger charge is -2.42. The molecule has 0 unspecified atom stereocenters. The van der Waals surface area contributed by atoms with Crippen LogP contribution in [0.2, 0.25) is 0 Å². The van der Waals surface area contributed by atoms with Crippen LogP contribution >= 0.6 is 0 Å². The minimum absolute atomic E-state index is 0.0582. The Morgan fingerprint density at radius 2 is 1.55 bits per heavy atom. The minimum Gasteiger partial charge on any atom is -0.497 e. The molecule has 7 rings (SSSR count).